The lowest BCUT2D eigenvalue weighted by atomic mass is 9.94. The maximum atomic E-state index is 13.9. The number of ether oxygens (including phenoxy) is 4. The van der Waals surface area contributed by atoms with E-state index in [4.69, 9.17) is 25.4 Å². The highest BCUT2D eigenvalue weighted by atomic mass is 32.1. The second-order valence-electron chi connectivity index (χ2n) is 8.67. The number of terminal acetylenes is 1. The van der Waals surface area contributed by atoms with Crippen LogP contribution in [0.1, 0.15) is 37.9 Å². The minimum absolute atomic E-state index is 0.0995. The molecule has 0 amide bonds. The molecular formula is C29H28N2O6S. The molecule has 1 atom stereocenters. The van der Waals surface area contributed by atoms with E-state index >= 15 is 0 Å². The third kappa shape index (κ3) is 5.22. The number of para-hydroxylation sites is 1. The highest BCUT2D eigenvalue weighted by Gasteiger charge is 2.35. The summed E-state index contributed by atoms with van der Waals surface area (Å²) in [5.74, 6) is 3.49. The van der Waals surface area contributed by atoms with E-state index in [9.17, 15) is 9.59 Å². The van der Waals surface area contributed by atoms with Crippen LogP contribution in [0.15, 0.2) is 63.5 Å². The molecule has 1 aromatic heterocycles. The smallest absolute Gasteiger partial charge is 0.338 e. The van der Waals surface area contributed by atoms with Crippen molar-refractivity contribution in [1.29, 1.82) is 0 Å². The van der Waals surface area contributed by atoms with Crippen molar-refractivity contribution in [3.05, 3.63) is 84.5 Å². The van der Waals surface area contributed by atoms with E-state index in [0.717, 1.165) is 0 Å². The summed E-state index contributed by atoms with van der Waals surface area (Å²) in [6.45, 7) is 5.37. The van der Waals surface area contributed by atoms with E-state index in [-0.39, 0.29) is 23.8 Å². The number of carbonyl (C=O) groups is 1. The molecule has 1 aliphatic rings. The Balaban J connectivity index is 1.99. The molecule has 0 spiro atoms. The van der Waals surface area contributed by atoms with Crippen LogP contribution in [0.4, 0.5) is 0 Å². The standard InChI is InChI=1S/C29H28N2O6S/c1-7-14-36-22-11-9-8-10-19(22)15-24-27(32)31-26(21-16-20(34-5)12-13-23(21)35-6)25(28(33)37-17(2)3)18(4)30-29(31)38-24/h1,8-13,15-17,26H,14H2,2-6H3/b24-15-/t26-/m1/s1. The first kappa shape index (κ1) is 26.8. The molecule has 3 aromatic rings. The number of allylic oxidation sites excluding steroid dienone is 1. The summed E-state index contributed by atoms with van der Waals surface area (Å²) in [6, 6.07) is 11.7. The zero-order valence-electron chi connectivity index (χ0n) is 21.8. The van der Waals surface area contributed by atoms with Gasteiger partial charge in [0.15, 0.2) is 4.80 Å². The summed E-state index contributed by atoms with van der Waals surface area (Å²) in [7, 11) is 3.08. The highest BCUT2D eigenvalue weighted by Crippen LogP contribution is 2.38. The van der Waals surface area contributed by atoms with Gasteiger partial charge in [0.2, 0.25) is 0 Å². The van der Waals surface area contributed by atoms with Crippen LogP contribution in [0.2, 0.25) is 0 Å². The summed E-state index contributed by atoms with van der Waals surface area (Å²) in [5.41, 5.74) is 1.65. The van der Waals surface area contributed by atoms with Crippen molar-refractivity contribution in [3.8, 4) is 29.6 Å². The predicted molar refractivity (Wildman–Crippen MR) is 145 cm³/mol. The summed E-state index contributed by atoms with van der Waals surface area (Å²) < 4.78 is 24.2. The zero-order chi connectivity index (χ0) is 27.4. The van der Waals surface area contributed by atoms with Crippen LogP contribution < -0.4 is 29.1 Å². The van der Waals surface area contributed by atoms with Crippen LogP contribution in [-0.4, -0.2) is 37.5 Å². The van der Waals surface area contributed by atoms with Gasteiger partial charge in [-0.3, -0.25) is 9.36 Å². The number of carbonyl (C=O) groups excluding carboxylic acids is 1. The molecule has 0 N–H and O–H groups in total. The third-order valence-electron chi connectivity index (χ3n) is 5.83. The van der Waals surface area contributed by atoms with Gasteiger partial charge in [-0.15, -0.1) is 6.42 Å². The Kier molecular flexibility index (Phi) is 8.03. The largest absolute Gasteiger partial charge is 0.497 e. The number of esters is 1. The van der Waals surface area contributed by atoms with Gasteiger partial charge < -0.3 is 18.9 Å². The second-order valence-corrected chi connectivity index (χ2v) is 9.68. The minimum atomic E-state index is -0.849. The Morgan fingerprint density at radius 2 is 1.95 bits per heavy atom. The lowest BCUT2D eigenvalue weighted by Crippen LogP contribution is -2.40. The summed E-state index contributed by atoms with van der Waals surface area (Å²) in [5, 5.41) is 0. The fraction of sp³-hybridized carbons (Fsp3) is 0.276. The quantitative estimate of drug-likeness (QED) is 0.327. The topological polar surface area (TPSA) is 88.3 Å². The van der Waals surface area contributed by atoms with Gasteiger partial charge in [-0.1, -0.05) is 35.5 Å². The molecule has 196 valence electrons. The summed E-state index contributed by atoms with van der Waals surface area (Å²) in [6.07, 6.45) is 6.73. The van der Waals surface area contributed by atoms with E-state index in [1.807, 2.05) is 18.2 Å². The van der Waals surface area contributed by atoms with Gasteiger partial charge in [-0.25, -0.2) is 9.79 Å². The third-order valence-corrected chi connectivity index (χ3v) is 6.82. The lowest BCUT2D eigenvalue weighted by molar-refractivity contribution is -0.143. The molecule has 8 nitrogen and oxygen atoms in total. The highest BCUT2D eigenvalue weighted by molar-refractivity contribution is 7.07. The normalized spacial score (nSPS) is 15.0. The molecule has 0 unspecified atom stereocenters. The zero-order valence-corrected chi connectivity index (χ0v) is 22.6. The van der Waals surface area contributed by atoms with Crippen LogP contribution in [0.25, 0.3) is 6.08 Å². The number of thiazole rings is 1. The van der Waals surface area contributed by atoms with E-state index in [0.29, 0.717) is 43.4 Å². The Labute approximate surface area is 224 Å². The fourth-order valence-electron chi connectivity index (χ4n) is 4.20. The maximum Gasteiger partial charge on any atom is 0.338 e. The van der Waals surface area contributed by atoms with Crippen molar-refractivity contribution in [2.75, 3.05) is 20.8 Å². The first-order chi connectivity index (χ1) is 18.3. The molecule has 0 aliphatic carbocycles. The lowest BCUT2D eigenvalue weighted by Gasteiger charge is -2.26. The van der Waals surface area contributed by atoms with Gasteiger partial charge in [-0.2, -0.15) is 0 Å². The van der Waals surface area contributed by atoms with Crippen molar-refractivity contribution >= 4 is 23.4 Å². The molecule has 0 saturated carbocycles. The first-order valence-corrected chi connectivity index (χ1v) is 12.7. The van der Waals surface area contributed by atoms with Gasteiger partial charge in [0.1, 0.15) is 29.9 Å². The summed E-state index contributed by atoms with van der Waals surface area (Å²) >= 11 is 1.22. The molecule has 9 heteroatoms. The molecule has 0 radical (unpaired) electrons. The fourth-order valence-corrected chi connectivity index (χ4v) is 5.24. The van der Waals surface area contributed by atoms with Crippen LogP contribution in [-0.2, 0) is 9.53 Å². The molecule has 0 saturated heterocycles. The molecular weight excluding hydrogens is 504 g/mol. The molecule has 2 aromatic carbocycles. The van der Waals surface area contributed by atoms with Crippen molar-refractivity contribution < 1.29 is 23.7 Å². The SMILES string of the molecule is C#CCOc1ccccc1/C=c1\sc2n(c1=O)[C@H](c1cc(OC)ccc1OC)C(C(=O)OC(C)C)=C(C)N=2. The van der Waals surface area contributed by atoms with E-state index in [1.165, 1.54) is 23.0 Å². The average Bonchev–Trinajstić information content (AvgIpc) is 3.20. The number of hydrogen-bond acceptors (Lipinski definition) is 8. The number of methoxy groups -OCH3 is 2. The van der Waals surface area contributed by atoms with Gasteiger partial charge in [-0.05, 0) is 51.1 Å². The van der Waals surface area contributed by atoms with Crippen molar-refractivity contribution in [2.45, 2.75) is 32.9 Å². The first-order valence-electron chi connectivity index (χ1n) is 11.9. The number of benzene rings is 2. The number of hydrogen-bond donors (Lipinski definition) is 0. The summed E-state index contributed by atoms with van der Waals surface area (Å²) in [4.78, 5) is 32.4. The van der Waals surface area contributed by atoms with E-state index in [2.05, 4.69) is 10.9 Å². The Morgan fingerprint density at radius 3 is 2.63 bits per heavy atom. The molecule has 0 bridgehead atoms. The van der Waals surface area contributed by atoms with E-state index < -0.39 is 12.0 Å². The minimum Gasteiger partial charge on any atom is -0.497 e. The molecule has 0 fully saturated rings. The maximum absolute atomic E-state index is 13.9. The second kappa shape index (κ2) is 11.4. The average molecular weight is 533 g/mol. The monoisotopic (exact) mass is 532 g/mol. The Bertz CT molecular complexity index is 1620. The van der Waals surface area contributed by atoms with Crippen LogP contribution in [0.3, 0.4) is 0 Å². The van der Waals surface area contributed by atoms with Crippen LogP contribution in [0, 0.1) is 12.3 Å². The Hall–Kier alpha value is -4.29. The molecule has 2 heterocycles. The molecule has 38 heavy (non-hydrogen) atoms. The van der Waals surface area contributed by atoms with Crippen LogP contribution >= 0.6 is 11.3 Å². The number of aromatic nitrogens is 1. The van der Waals surface area contributed by atoms with Crippen molar-refractivity contribution in [2.24, 2.45) is 4.99 Å². The van der Waals surface area contributed by atoms with Gasteiger partial charge in [0.05, 0.1) is 36.1 Å². The Morgan fingerprint density at radius 1 is 1.18 bits per heavy atom. The van der Waals surface area contributed by atoms with Gasteiger partial charge in [0.25, 0.3) is 5.56 Å². The van der Waals surface area contributed by atoms with Crippen molar-refractivity contribution in [1.82, 2.24) is 4.57 Å². The molecule has 4 rings (SSSR count). The van der Waals surface area contributed by atoms with E-state index in [1.54, 1.807) is 58.2 Å². The number of rotatable bonds is 8. The number of fused-ring (bicyclic) bond motifs is 1. The predicted octanol–water partition coefficient (Wildman–Crippen LogP) is 3.22. The number of nitrogens with zero attached hydrogens (tertiary/aromatic N) is 2. The molecule has 1 aliphatic heterocycles. The van der Waals surface area contributed by atoms with Crippen LogP contribution in [0.5, 0.6) is 17.2 Å². The van der Waals surface area contributed by atoms with Gasteiger partial charge >= 0.3 is 5.97 Å². The van der Waals surface area contributed by atoms with Crippen molar-refractivity contribution in [3.63, 3.8) is 0 Å². The van der Waals surface area contributed by atoms with Gasteiger partial charge in [0, 0.05) is 11.1 Å².